The monoisotopic (exact) mass is 392 g/mol. The van der Waals surface area contributed by atoms with Gasteiger partial charge >= 0.3 is 147 Å². The molecule has 0 spiro atoms. The van der Waals surface area contributed by atoms with Crippen LogP contribution in [0.1, 0.15) is 35.0 Å². The van der Waals surface area contributed by atoms with E-state index in [4.69, 9.17) is 0 Å². The average molecular weight is 394 g/mol. The van der Waals surface area contributed by atoms with E-state index < -0.39 is 18.3 Å². The Morgan fingerprint density at radius 1 is 0.875 bits per heavy atom. The Morgan fingerprint density at radius 3 is 1.88 bits per heavy atom. The molecular formula is C23H26Zr. The second kappa shape index (κ2) is 5.33. The first kappa shape index (κ1) is 16.2. The van der Waals surface area contributed by atoms with E-state index in [2.05, 4.69) is 89.9 Å². The summed E-state index contributed by atoms with van der Waals surface area (Å²) in [6.45, 7) is 4.79. The SMILES string of the molecule is C[C](C)=[Zr]([CH3])([CH3])([C]1=CC=CC1)[CH]1c2ccccc2-c2ccccc21. The van der Waals surface area contributed by atoms with Crippen LogP contribution in [0.25, 0.3) is 11.1 Å². The molecule has 0 aliphatic heterocycles. The van der Waals surface area contributed by atoms with Crippen LogP contribution in [0.4, 0.5) is 0 Å². The van der Waals surface area contributed by atoms with E-state index in [9.17, 15) is 0 Å². The van der Waals surface area contributed by atoms with Crippen LogP contribution in [0, 0.1) is 0 Å². The summed E-state index contributed by atoms with van der Waals surface area (Å²) in [5.41, 5.74) is 6.02. The molecule has 0 N–H and O–H groups in total. The zero-order chi connectivity index (χ0) is 17.0. The molecule has 4 rings (SSSR count). The summed E-state index contributed by atoms with van der Waals surface area (Å²) in [6, 6.07) is 18.2. The zero-order valence-electron chi connectivity index (χ0n) is 15.1. The fourth-order valence-corrected chi connectivity index (χ4v) is 18.0. The summed E-state index contributed by atoms with van der Waals surface area (Å²) in [4.78, 5) is 0. The average Bonchev–Trinajstić information content (AvgIpc) is 3.22. The van der Waals surface area contributed by atoms with Gasteiger partial charge in [0.1, 0.15) is 0 Å². The van der Waals surface area contributed by atoms with E-state index in [1.807, 2.05) is 0 Å². The van der Waals surface area contributed by atoms with Crippen LogP contribution in [0.5, 0.6) is 0 Å². The van der Waals surface area contributed by atoms with Crippen molar-refractivity contribution >= 4 is 3.21 Å². The molecular weight excluding hydrogens is 367 g/mol. The molecule has 2 aromatic rings. The topological polar surface area (TPSA) is 0 Å². The summed E-state index contributed by atoms with van der Waals surface area (Å²) < 4.78 is 9.31. The molecule has 2 aliphatic rings. The van der Waals surface area contributed by atoms with Crippen LogP contribution >= 0.6 is 0 Å². The molecule has 0 saturated heterocycles. The van der Waals surface area contributed by atoms with Crippen molar-refractivity contribution in [3.8, 4) is 11.1 Å². The van der Waals surface area contributed by atoms with Gasteiger partial charge in [-0.3, -0.25) is 0 Å². The summed E-state index contributed by atoms with van der Waals surface area (Å²) in [5.74, 6) is 0. The van der Waals surface area contributed by atoms with Gasteiger partial charge in [-0.2, -0.15) is 0 Å². The van der Waals surface area contributed by atoms with Gasteiger partial charge in [0.2, 0.25) is 0 Å². The Bertz CT molecular complexity index is 914. The molecule has 0 bridgehead atoms. The van der Waals surface area contributed by atoms with Gasteiger partial charge in [0.15, 0.2) is 0 Å². The van der Waals surface area contributed by atoms with Crippen LogP contribution in [0.3, 0.4) is 0 Å². The maximum atomic E-state index is 2.67. The first-order chi connectivity index (χ1) is 11.4. The maximum absolute atomic E-state index is 3.36. The van der Waals surface area contributed by atoms with Gasteiger partial charge in [0, 0.05) is 0 Å². The van der Waals surface area contributed by atoms with Crippen LogP contribution in [-0.2, 0) is 18.3 Å². The number of fused-ring (bicyclic) bond motifs is 3. The summed E-state index contributed by atoms with van der Waals surface area (Å²) in [6.07, 6.45) is 8.18. The predicted octanol–water partition coefficient (Wildman–Crippen LogP) is 6.60. The first-order valence-corrected chi connectivity index (χ1v) is 17.8. The number of allylic oxidation sites excluding steroid dienone is 4. The van der Waals surface area contributed by atoms with Crippen LogP contribution in [0.2, 0.25) is 9.26 Å². The van der Waals surface area contributed by atoms with E-state index in [0.29, 0.717) is 3.63 Å². The summed E-state index contributed by atoms with van der Waals surface area (Å²) >= 11 is -3.36. The molecule has 0 amide bonds. The molecule has 0 saturated carbocycles. The Kier molecular flexibility index (Phi) is 3.59. The second-order valence-corrected chi connectivity index (χ2v) is 26.1. The third-order valence-electron chi connectivity index (χ3n) is 7.00. The minimum atomic E-state index is -3.36. The van der Waals surface area contributed by atoms with Crippen molar-refractivity contribution in [2.75, 3.05) is 0 Å². The van der Waals surface area contributed by atoms with Crippen molar-refractivity contribution in [1.29, 1.82) is 0 Å². The van der Waals surface area contributed by atoms with Crippen LogP contribution in [-0.4, -0.2) is 3.21 Å². The minimum absolute atomic E-state index is 0.565. The van der Waals surface area contributed by atoms with E-state index in [1.54, 1.807) is 17.6 Å². The predicted molar refractivity (Wildman–Crippen MR) is 104 cm³/mol. The third-order valence-corrected chi connectivity index (χ3v) is 26.1. The van der Waals surface area contributed by atoms with Gasteiger partial charge in [-0.1, -0.05) is 0 Å². The Morgan fingerprint density at radius 2 is 1.42 bits per heavy atom. The molecule has 24 heavy (non-hydrogen) atoms. The van der Waals surface area contributed by atoms with Gasteiger partial charge < -0.3 is 0 Å². The molecule has 1 heteroatoms. The van der Waals surface area contributed by atoms with Crippen molar-refractivity contribution in [2.45, 2.75) is 33.2 Å². The molecule has 0 atom stereocenters. The molecule has 0 unspecified atom stereocenters. The standard InChI is InChI=1S/C13H9.C5H5.C3H6.2CH3.Zr/c1-3-7-12-10(5-1)9-11-6-2-4-8-13(11)12;1-2-4-5-3-1;1-3-2;;;/h1-9H;1-3H,4H2;1-2H3;2*1H3;. The van der Waals surface area contributed by atoms with Gasteiger partial charge in [0.05, 0.1) is 0 Å². The van der Waals surface area contributed by atoms with Crippen molar-refractivity contribution in [3.05, 3.63) is 81.2 Å². The molecule has 0 fully saturated rings. The normalized spacial score (nSPS) is 16.8. The molecule has 2 aliphatic carbocycles. The van der Waals surface area contributed by atoms with E-state index in [1.165, 1.54) is 11.1 Å². The van der Waals surface area contributed by atoms with E-state index in [-0.39, 0.29) is 0 Å². The molecule has 2 aromatic carbocycles. The Labute approximate surface area is 146 Å². The number of benzene rings is 2. The zero-order valence-corrected chi connectivity index (χ0v) is 17.6. The van der Waals surface area contributed by atoms with Crippen molar-refractivity contribution < 1.29 is 18.3 Å². The summed E-state index contributed by atoms with van der Waals surface area (Å²) in [7, 11) is 0. The van der Waals surface area contributed by atoms with Crippen LogP contribution in [0.15, 0.2) is 70.0 Å². The Hall–Kier alpha value is -1.33. The van der Waals surface area contributed by atoms with E-state index >= 15 is 0 Å². The molecule has 0 aromatic heterocycles. The van der Waals surface area contributed by atoms with Gasteiger partial charge in [0.25, 0.3) is 0 Å². The quantitative estimate of drug-likeness (QED) is 0.539. The van der Waals surface area contributed by atoms with Crippen molar-refractivity contribution in [2.24, 2.45) is 0 Å². The molecule has 122 valence electrons. The van der Waals surface area contributed by atoms with Gasteiger partial charge in [-0.05, 0) is 0 Å². The fourth-order valence-electron chi connectivity index (χ4n) is 4.90. The third kappa shape index (κ3) is 1.97. The first-order valence-electron chi connectivity index (χ1n) is 8.99. The molecule has 0 radical (unpaired) electrons. The number of hydrogen-bond donors (Lipinski definition) is 0. The van der Waals surface area contributed by atoms with Crippen molar-refractivity contribution in [1.82, 2.24) is 0 Å². The molecule has 0 nitrogen and oxygen atoms in total. The van der Waals surface area contributed by atoms with Crippen molar-refractivity contribution in [3.63, 3.8) is 0 Å². The number of rotatable bonds is 2. The second-order valence-electron chi connectivity index (χ2n) is 8.42. The van der Waals surface area contributed by atoms with Crippen LogP contribution < -0.4 is 0 Å². The summed E-state index contributed by atoms with van der Waals surface area (Å²) in [5, 5.41) is 0. The number of hydrogen-bond acceptors (Lipinski definition) is 0. The fraction of sp³-hybridized carbons (Fsp3) is 0.261. The van der Waals surface area contributed by atoms with Gasteiger partial charge in [-0.25, -0.2) is 0 Å². The van der Waals surface area contributed by atoms with Gasteiger partial charge in [-0.15, -0.1) is 0 Å². The Balaban J connectivity index is 2.11. The molecule has 0 heterocycles. The van der Waals surface area contributed by atoms with E-state index in [0.717, 1.165) is 6.42 Å².